The zero-order valence-corrected chi connectivity index (χ0v) is 9.50. The van der Waals surface area contributed by atoms with Crippen molar-refractivity contribution in [1.82, 2.24) is 0 Å². The molecule has 0 radical (unpaired) electrons. The normalized spacial score (nSPS) is 9.83. The molecule has 0 rings (SSSR count). The van der Waals surface area contributed by atoms with E-state index in [0.717, 1.165) is 23.7 Å². The van der Waals surface area contributed by atoms with Gasteiger partial charge in [0, 0.05) is 10.8 Å². The summed E-state index contributed by atoms with van der Waals surface area (Å²) in [6.45, 7) is 2.53. The zero-order chi connectivity index (χ0) is 9.23. The molecule has 4 heteroatoms. The summed E-state index contributed by atoms with van der Waals surface area (Å²) in [6.07, 6.45) is 3.25. The van der Waals surface area contributed by atoms with Crippen molar-refractivity contribution < 1.29 is 14.6 Å². The van der Waals surface area contributed by atoms with E-state index in [-0.39, 0.29) is 5.97 Å². The van der Waals surface area contributed by atoms with Crippen LogP contribution >= 0.6 is 22.6 Å². The number of carbonyl (C=O) groups is 1. The monoisotopic (exact) mass is 286 g/mol. The minimum absolute atomic E-state index is 0.259. The molecule has 0 heterocycles. The minimum Gasteiger partial charge on any atom is -0.298 e. The third kappa shape index (κ3) is 8.26. The van der Waals surface area contributed by atoms with Crippen molar-refractivity contribution in [3.05, 3.63) is 0 Å². The van der Waals surface area contributed by atoms with Gasteiger partial charge in [0.1, 0.15) is 0 Å². The van der Waals surface area contributed by atoms with Crippen LogP contribution < -0.4 is 0 Å². The van der Waals surface area contributed by atoms with Gasteiger partial charge < -0.3 is 0 Å². The number of unbranched alkanes of at least 4 members (excludes halogenated alkanes) is 1. The maximum Gasteiger partial charge on any atom is 0.342 e. The number of hydrogen-bond acceptors (Lipinski definition) is 3. The maximum atomic E-state index is 10.8. The van der Waals surface area contributed by atoms with Gasteiger partial charge in [-0.3, -0.25) is 4.89 Å². The van der Waals surface area contributed by atoms with Crippen LogP contribution in [0.5, 0.6) is 0 Å². The van der Waals surface area contributed by atoms with Crippen LogP contribution in [0.4, 0.5) is 0 Å². The molecule has 0 unspecified atom stereocenters. The Morgan fingerprint density at radius 1 is 1.42 bits per heavy atom. The largest absolute Gasteiger partial charge is 0.342 e. The van der Waals surface area contributed by atoms with Crippen molar-refractivity contribution in [2.24, 2.45) is 0 Å². The summed E-state index contributed by atoms with van der Waals surface area (Å²) in [5.74, 6) is -0.259. The van der Waals surface area contributed by atoms with Gasteiger partial charge in [0.25, 0.3) is 0 Å². The lowest BCUT2D eigenvalue weighted by molar-refractivity contribution is -0.272. The molecule has 72 valence electrons. The fourth-order valence-electron chi connectivity index (χ4n) is 0.584. The van der Waals surface area contributed by atoms with Crippen LogP contribution in [0.15, 0.2) is 0 Å². The molecule has 0 saturated carbocycles. The average molecular weight is 286 g/mol. The van der Waals surface area contributed by atoms with E-state index in [9.17, 15) is 4.79 Å². The second-order valence-electron chi connectivity index (χ2n) is 2.42. The first kappa shape index (κ1) is 12.2. The van der Waals surface area contributed by atoms with Gasteiger partial charge in [0.2, 0.25) is 0 Å². The number of hydrogen-bond donors (Lipinski definition) is 0. The van der Waals surface area contributed by atoms with Gasteiger partial charge >= 0.3 is 5.97 Å². The third-order valence-electron chi connectivity index (χ3n) is 1.25. The Labute approximate surface area is 86.9 Å². The molecule has 0 N–H and O–H groups in total. The minimum atomic E-state index is -0.259. The van der Waals surface area contributed by atoms with Crippen LogP contribution in [0.25, 0.3) is 0 Å². The fourth-order valence-corrected chi connectivity index (χ4v) is 0.895. The van der Waals surface area contributed by atoms with Gasteiger partial charge in [-0.05, 0) is 12.8 Å². The van der Waals surface area contributed by atoms with Crippen LogP contribution in [0.2, 0.25) is 0 Å². The molecule has 0 aromatic carbocycles. The Balaban J connectivity index is 3.08. The lowest BCUT2D eigenvalue weighted by atomic mass is 10.3. The summed E-state index contributed by atoms with van der Waals surface area (Å²) in [5, 5.41) is 0. The summed E-state index contributed by atoms with van der Waals surface area (Å²) >= 11 is 2.25. The molecule has 0 saturated heterocycles. The molecule has 0 aromatic rings. The lowest BCUT2D eigenvalue weighted by Gasteiger charge is -2.01. The Morgan fingerprint density at radius 3 is 2.75 bits per heavy atom. The van der Waals surface area contributed by atoms with Gasteiger partial charge in [0.05, 0.1) is 6.61 Å². The Bertz CT molecular complexity index is 117. The first-order valence-electron chi connectivity index (χ1n) is 4.19. The van der Waals surface area contributed by atoms with Crippen molar-refractivity contribution in [3.8, 4) is 0 Å². The molecule has 0 aliphatic heterocycles. The topological polar surface area (TPSA) is 35.5 Å². The molecule has 0 aliphatic carbocycles. The molecular weight excluding hydrogens is 271 g/mol. The summed E-state index contributed by atoms with van der Waals surface area (Å²) in [6, 6.07) is 0. The second-order valence-corrected chi connectivity index (χ2v) is 3.50. The lowest BCUT2D eigenvalue weighted by Crippen LogP contribution is -2.06. The van der Waals surface area contributed by atoms with Gasteiger partial charge in [-0.1, -0.05) is 35.9 Å². The van der Waals surface area contributed by atoms with Gasteiger partial charge in [-0.2, -0.15) is 4.89 Å². The first-order chi connectivity index (χ1) is 5.81. The molecule has 0 aliphatic rings. The SMILES string of the molecule is CCCCC(=O)OOCCCI. The highest BCUT2D eigenvalue weighted by atomic mass is 127. The quantitative estimate of drug-likeness (QED) is 0.237. The van der Waals surface area contributed by atoms with Crippen molar-refractivity contribution in [3.63, 3.8) is 0 Å². The van der Waals surface area contributed by atoms with Crippen LogP contribution in [-0.4, -0.2) is 17.0 Å². The number of halogens is 1. The molecule has 0 atom stereocenters. The van der Waals surface area contributed by atoms with E-state index in [0.29, 0.717) is 13.0 Å². The van der Waals surface area contributed by atoms with Crippen molar-refractivity contribution in [2.75, 3.05) is 11.0 Å². The van der Waals surface area contributed by atoms with E-state index in [1.165, 1.54) is 0 Å². The predicted molar refractivity (Wildman–Crippen MR) is 55.1 cm³/mol. The summed E-state index contributed by atoms with van der Waals surface area (Å²) in [7, 11) is 0. The van der Waals surface area contributed by atoms with E-state index < -0.39 is 0 Å². The van der Waals surface area contributed by atoms with E-state index >= 15 is 0 Å². The highest BCUT2D eigenvalue weighted by molar-refractivity contribution is 14.1. The Morgan fingerprint density at radius 2 is 2.17 bits per heavy atom. The standard InChI is InChI=1S/C8H15IO3/c1-2-3-5-8(10)12-11-7-4-6-9/h2-7H2,1H3. The predicted octanol–water partition coefficient (Wildman–Crippen LogP) is 2.48. The van der Waals surface area contributed by atoms with Gasteiger partial charge in [-0.15, -0.1) is 0 Å². The zero-order valence-electron chi connectivity index (χ0n) is 7.35. The average Bonchev–Trinajstić information content (AvgIpc) is 2.09. The van der Waals surface area contributed by atoms with Crippen molar-refractivity contribution in [1.29, 1.82) is 0 Å². The molecule has 0 fully saturated rings. The fraction of sp³-hybridized carbons (Fsp3) is 0.875. The number of carbonyl (C=O) groups excluding carboxylic acids is 1. The molecule has 3 nitrogen and oxygen atoms in total. The van der Waals surface area contributed by atoms with Crippen molar-refractivity contribution in [2.45, 2.75) is 32.6 Å². The summed E-state index contributed by atoms with van der Waals surface area (Å²) < 4.78 is 1.02. The molecule has 0 spiro atoms. The van der Waals surface area contributed by atoms with Crippen molar-refractivity contribution >= 4 is 28.6 Å². The van der Waals surface area contributed by atoms with Gasteiger partial charge in [0.15, 0.2) is 0 Å². The number of alkyl halides is 1. The van der Waals surface area contributed by atoms with Gasteiger partial charge in [-0.25, -0.2) is 4.79 Å². The molecule has 0 amide bonds. The third-order valence-corrected chi connectivity index (χ3v) is 2.01. The Hall–Kier alpha value is 0.160. The van der Waals surface area contributed by atoms with Crippen LogP contribution in [-0.2, 0) is 14.6 Å². The number of rotatable bonds is 7. The maximum absolute atomic E-state index is 10.8. The highest BCUT2D eigenvalue weighted by Crippen LogP contribution is 1.97. The molecule has 12 heavy (non-hydrogen) atoms. The first-order valence-corrected chi connectivity index (χ1v) is 5.72. The second kappa shape index (κ2) is 9.25. The molecule has 0 aromatic heterocycles. The Kier molecular flexibility index (Phi) is 9.37. The summed E-state index contributed by atoms with van der Waals surface area (Å²) in [4.78, 5) is 20.0. The van der Waals surface area contributed by atoms with Crippen LogP contribution in [0, 0.1) is 0 Å². The van der Waals surface area contributed by atoms with E-state index in [4.69, 9.17) is 0 Å². The van der Waals surface area contributed by atoms with Crippen LogP contribution in [0.1, 0.15) is 32.6 Å². The van der Waals surface area contributed by atoms with E-state index in [2.05, 4.69) is 32.4 Å². The van der Waals surface area contributed by atoms with E-state index in [1.54, 1.807) is 0 Å². The molecular formula is C8H15IO3. The summed E-state index contributed by atoms with van der Waals surface area (Å²) in [5.41, 5.74) is 0. The smallest absolute Gasteiger partial charge is 0.298 e. The molecule has 0 bridgehead atoms. The van der Waals surface area contributed by atoms with E-state index in [1.807, 2.05) is 6.92 Å². The van der Waals surface area contributed by atoms with Crippen LogP contribution in [0.3, 0.4) is 0 Å². The highest BCUT2D eigenvalue weighted by Gasteiger charge is 2.01.